The Hall–Kier alpha value is -2.38. The predicted molar refractivity (Wildman–Crippen MR) is 123 cm³/mol. The van der Waals surface area contributed by atoms with Crippen LogP contribution in [0.15, 0.2) is 46.8 Å². The summed E-state index contributed by atoms with van der Waals surface area (Å²) in [6.07, 6.45) is 3.18. The third-order valence-electron chi connectivity index (χ3n) is 5.28. The molecule has 3 rings (SSSR count). The van der Waals surface area contributed by atoms with Gasteiger partial charge in [0.15, 0.2) is 5.96 Å². The number of carbonyl (C=O) groups excluding carboxylic acids is 1. The molecule has 0 spiro atoms. The van der Waals surface area contributed by atoms with Crippen LogP contribution in [0.5, 0.6) is 0 Å². The Morgan fingerprint density at radius 2 is 1.97 bits per heavy atom. The molecule has 0 aliphatic carbocycles. The van der Waals surface area contributed by atoms with Gasteiger partial charge in [0.2, 0.25) is 0 Å². The maximum atomic E-state index is 11.9. The Labute approximate surface area is 183 Å². The van der Waals surface area contributed by atoms with Crippen molar-refractivity contribution in [3.8, 4) is 0 Å². The SMILES string of the molecule is CN=C(NCCCNC(=O)c1cccs1)NCC1CCCOC1c1ccc(C)cc1. The van der Waals surface area contributed by atoms with E-state index in [1.165, 1.54) is 22.5 Å². The summed E-state index contributed by atoms with van der Waals surface area (Å²) in [5, 5.41) is 11.6. The van der Waals surface area contributed by atoms with Crippen LogP contribution in [0.1, 0.15) is 46.2 Å². The lowest BCUT2D eigenvalue weighted by Gasteiger charge is -2.32. The summed E-state index contributed by atoms with van der Waals surface area (Å²) < 4.78 is 6.11. The first kappa shape index (κ1) is 22.3. The minimum atomic E-state index is -0.00745. The van der Waals surface area contributed by atoms with Crippen molar-refractivity contribution < 1.29 is 9.53 Å². The summed E-state index contributed by atoms with van der Waals surface area (Å²) in [4.78, 5) is 17.0. The zero-order chi connectivity index (χ0) is 21.2. The molecule has 1 amide bonds. The van der Waals surface area contributed by atoms with E-state index >= 15 is 0 Å². The number of aliphatic imine (C=N–C) groups is 1. The van der Waals surface area contributed by atoms with Gasteiger partial charge in [0, 0.05) is 39.2 Å². The van der Waals surface area contributed by atoms with Crippen molar-refractivity contribution >= 4 is 23.2 Å². The average molecular weight is 429 g/mol. The van der Waals surface area contributed by atoms with E-state index < -0.39 is 0 Å². The molecule has 1 aromatic carbocycles. The van der Waals surface area contributed by atoms with Crippen LogP contribution >= 0.6 is 11.3 Å². The largest absolute Gasteiger partial charge is 0.373 e. The predicted octanol–water partition coefficient (Wildman–Crippen LogP) is 3.51. The number of benzene rings is 1. The number of aryl methyl sites for hydroxylation is 1. The van der Waals surface area contributed by atoms with Crippen molar-refractivity contribution in [1.29, 1.82) is 0 Å². The molecule has 6 nitrogen and oxygen atoms in total. The fraction of sp³-hybridized carbons (Fsp3) is 0.478. The van der Waals surface area contributed by atoms with Crippen molar-refractivity contribution in [2.24, 2.45) is 10.9 Å². The molecule has 1 aromatic heterocycles. The number of hydrogen-bond donors (Lipinski definition) is 3. The fourth-order valence-corrected chi connectivity index (χ4v) is 4.26. The Morgan fingerprint density at radius 1 is 1.17 bits per heavy atom. The number of thiophene rings is 1. The van der Waals surface area contributed by atoms with Crippen molar-refractivity contribution in [1.82, 2.24) is 16.0 Å². The summed E-state index contributed by atoms with van der Waals surface area (Å²) in [7, 11) is 1.78. The molecule has 7 heteroatoms. The third kappa shape index (κ3) is 6.57. The molecule has 3 N–H and O–H groups in total. The lowest BCUT2D eigenvalue weighted by molar-refractivity contribution is -0.0265. The van der Waals surface area contributed by atoms with Crippen LogP contribution in [-0.2, 0) is 4.74 Å². The van der Waals surface area contributed by atoms with E-state index in [2.05, 4.69) is 52.1 Å². The van der Waals surface area contributed by atoms with Crippen LogP contribution in [0.4, 0.5) is 0 Å². The van der Waals surface area contributed by atoms with Crippen LogP contribution < -0.4 is 16.0 Å². The summed E-state index contributed by atoms with van der Waals surface area (Å²) in [6.45, 7) is 5.11. The first-order valence-electron chi connectivity index (χ1n) is 10.6. The number of hydrogen-bond acceptors (Lipinski definition) is 4. The van der Waals surface area contributed by atoms with E-state index in [1.807, 2.05) is 17.5 Å². The van der Waals surface area contributed by atoms with Gasteiger partial charge in [0.25, 0.3) is 5.91 Å². The Bertz CT molecular complexity index is 805. The smallest absolute Gasteiger partial charge is 0.261 e. The molecule has 2 atom stereocenters. The average Bonchev–Trinajstić information content (AvgIpc) is 3.31. The van der Waals surface area contributed by atoms with E-state index in [0.717, 1.165) is 49.8 Å². The van der Waals surface area contributed by atoms with Gasteiger partial charge < -0.3 is 20.7 Å². The second kappa shape index (κ2) is 11.7. The van der Waals surface area contributed by atoms with Gasteiger partial charge in [-0.3, -0.25) is 9.79 Å². The van der Waals surface area contributed by atoms with Crippen LogP contribution in [0.2, 0.25) is 0 Å². The maximum Gasteiger partial charge on any atom is 0.261 e. The molecule has 0 bridgehead atoms. The summed E-state index contributed by atoms with van der Waals surface area (Å²) in [5.41, 5.74) is 2.51. The molecule has 2 unspecified atom stereocenters. The zero-order valence-corrected chi connectivity index (χ0v) is 18.6. The van der Waals surface area contributed by atoms with Crippen molar-refractivity contribution in [2.45, 2.75) is 32.3 Å². The quantitative estimate of drug-likeness (QED) is 0.342. The number of amides is 1. The Kier molecular flexibility index (Phi) is 8.71. The van der Waals surface area contributed by atoms with E-state index in [-0.39, 0.29) is 12.0 Å². The van der Waals surface area contributed by atoms with Gasteiger partial charge >= 0.3 is 0 Å². The van der Waals surface area contributed by atoms with Gasteiger partial charge in [0.05, 0.1) is 11.0 Å². The molecule has 30 heavy (non-hydrogen) atoms. The summed E-state index contributed by atoms with van der Waals surface area (Å²) >= 11 is 1.46. The first-order chi connectivity index (χ1) is 14.7. The minimum Gasteiger partial charge on any atom is -0.373 e. The third-order valence-corrected chi connectivity index (χ3v) is 6.15. The highest BCUT2D eigenvalue weighted by Crippen LogP contribution is 2.33. The van der Waals surface area contributed by atoms with E-state index in [0.29, 0.717) is 12.5 Å². The number of ether oxygens (including phenoxy) is 1. The molecular weight excluding hydrogens is 396 g/mol. The first-order valence-corrected chi connectivity index (χ1v) is 11.5. The molecular formula is C23H32N4O2S. The van der Waals surface area contributed by atoms with E-state index in [4.69, 9.17) is 4.74 Å². The molecule has 2 heterocycles. The fourth-order valence-electron chi connectivity index (χ4n) is 3.62. The number of nitrogens with one attached hydrogen (secondary N) is 3. The van der Waals surface area contributed by atoms with Crippen molar-refractivity contribution in [3.05, 3.63) is 57.8 Å². The molecule has 1 aliphatic rings. The maximum absolute atomic E-state index is 11.9. The summed E-state index contributed by atoms with van der Waals surface area (Å²) in [6, 6.07) is 12.4. The second-order valence-corrected chi connectivity index (χ2v) is 8.52. The Morgan fingerprint density at radius 3 is 2.70 bits per heavy atom. The standard InChI is InChI=1S/C23H32N4O2S/c1-17-8-10-18(11-9-17)21-19(6-3-14-29-21)16-27-23(24-2)26-13-5-12-25-22(28)20-7-4-15-30-20/h4,7-11,15,19,21H,3,5-6,12-14,16H2,1-2H3,(H,25,28)(H2,24,26,27). The summed E-state index contributed by atoms with van der Waals surface area (Å²) in [5.74, 6) is 1.19. The number of carbonyl (C=O) groups is 1. The highest BCUT2D eigenvalue weighted by molar-refractivity contribution is 7.12. The van der Waals surface area contributed by atoms with Crippen molar-refractivity contribution in [2.75, 3.05) is 33.3 Å². The molecule has 1 aliphatic heterocycles. The molecule has 1 fully saturated rings. The van der Waals surface area contributed by atoms with Gasteiger partial charge in [0.1, 0.15) is 0 Å². The van der Waals surface area contributed by atoms with Crippen LogP contribution in [0, 0.1) is 12.8 Å². The van der Waals surface area contributed by atoms with Crippen LogP contribution in [0.3, 0.4) is 0 Å². The number of rotatable bonds is 8. The zero-order valence-electron chi connectivity index (χ0n) is 17.8. The lowest BCUT2D eigenvalue weighted by atomic mass is 9.89. The normalized spacial score (nSPS) is 19.3. The minimum absolute atomic E-state index is 0.00745. The van der Waals surface area contributed by atoms with Gasteiger partial charge in [-0.1, -0.05) is 35.9 Å². The number of nitrogens with zero attached hydrogens (tertiary/aromatic N) is 1. The van der Waals surface area contributed by atoms with Gasteiger partial charge in [-0.25, -0.2) is 0 Å². The van der Waals surface area contributed by atoms with Gasteiger partial charge in [-0.15, -0.1) is 11.3 Å². The van der Waals surface area contributed by atoms with E-state index in [9.17, 15) is 4.79 Å². The monoisotopic (exact) mass is 428 g/mol. The second-order valence-electron chi connectivity index (χ2n) is 7.57. The topological polar surface area (TPSA) is 74.8 Å². The molecule has 0 saturated carbocycles. The highest BCUT2D eigenvalue weighted by atomic mass is 32.1. The Balaban J connectivity index is 1.39. The molecule has 2 aromatic rings. The number of guanidine groups is 1. The van der Waals surface area contributed by atoms with Crippen LogP contribution in [-0.4, -0.2) is 45.2 Å². The highest BCUT2D eigenvalue weighted by Gasteiger charge is 2.27. The van der Waals surface area contributed by atoms with Gasteiger partial charge in [-0.2, -0.15) is 0 Å². The van der Waals surface area contributed by atoms with Crippen LogP contribution in [0.25, 0.3) is 0 Å². The molecule has 162 valence electrons. The van der Waals surface area contributed by atoms with Gasteiger partial charge in [-0.05, 0) is 43.2 Å². The lowest BCUT2D eigenvalue weighted by Crippen LogP contribution is -2.42. The molecule has 1 saturated heterocycles. The van der Waals surface area contributed by atoms with E-state index in [1.54, 1.807) is 7.05 Å². The molecule has 0 radical (unpaired) electrons. The van der Waals surface area contributed by atoms with Crippen molar-refractivity contribution in [3.63, 3.8) is 0 Å².